The molecule has 1 aliphatic rings. The van der Waals surface area contributed by atoms with E-state index >= 15 is 0 Å². The molecule has 1 heterocycles. The third-order valence-electron chi connectivity index (χ3n) is 2.12. The molecule has 1 fully saturated rings. The number of aliphatic hydroxyl groups excluding tert-OH is 4. The Morgan fingerprint density at radius 2 is 1.77 bits per heavy atom. The van der Waals surface area contributed by atoms with Crippen LogP contribution in [0.5, 0.6) is 0 Å². The second-order valence-corrected chi connectivity index (χ2v) is 2.98. The van der Waals surface area contributed by atoms with Gasteiger partial charge in [-0.05, 0) is 0 Å². The van der Waals surface area contributed by atoms with Crippen molar-refractivity contribution >= 4 is 0 Å². The molecule has 1 aliphatic heterocycles. The first-order valence-electron chi connectivity index (χ1n) is 4.01. The van der Waals surface area contributed by atoms with Crippen molar-refractivity contribution < 1.29 is 29.9 Å². The lowest BCUT2D eigenvalue weighted by Gasteiger charge is -2.36. The van der Waals surface area contributed by atoms with Crippen LogP contribution in [0.3, 0.4) is 0 Å². The molecular weight excluding hydrogens is 180 g/mol. The van der Waals surface area contributed by atoms with Crippen LogP contribution in [0, 0.1) is 0 Å². The Kier molecular flexibility index (Phi) is 3.60. The number of ether oxygens (including phenoxy) is 2. The molecule has 5 N–H and O–H groups in total. The van der Waals surface area contributed by atoms with Crippen molar-refractivity contribution in [2.45, 2.75) is 30.7 Å². The van der Waals surface area contributed by atoms with Gasteiger partial charge in [0, 0.05) is 0 Å². The van der Waals surface area contributed by atoms with Gasteiger partial charge in [-0.3, -0.25) is 0 Å². The molecule has 0 aromatic rings. The van der Waals surface area contributed by atoms with E-state index in [1.165, 1.54) is 7.11 Å². The highest BCUT2D eigenvalue weighted by Crippen LogP contribution is 2.20. The molecule has 6 heteroatoms. The van der Waals surface area contributed by atoms with Gasteiger partial charge in [-0.1, -0.05) is 0 Å². The zero-order valence-electron chi connectivity index (χ0n) is 7.24. The van der Waals surface area contributed by atoms with Gasteiger partial charge in [0.15, 0.2) is 6.10 Å². The van der Waals surface area contributed by atoms with Crippen LogP contribution in [0.1, 0.15) is 0 Å². The fourth-order valence-corrected chi connectivity index (χ4v) is 1.30. The lowest BCUT2D eigenvalue weighted by atomic mass is 9.99. The fraction of sp³-hybridized carbons (Fsp3) is 1.00. The lowest BCUT2D eigenvalue weighted by Crippen LogP contribution is -2.59. The highest BCUT2D eigenvalue weighted by molar-refractivity contribution is 4.88. The van der Waals surface area contributed by atoms with Crippen LogP contribution in [0.4, 0.5) is 0 Å². The highest BCUT2D eigenvalue weighted by Gasteiger charge is 2.46. The third kappa shape index (κ3) is 1.98. The summed E-state index contributed by atoms with van der Waals surface area (Å²) >= 11 is 0. The Hall–Kier alpha value is -0.240. The summed E-state index contributed by atoms with van der Waals surface area (Å²) in [6, 6.07) is 0. The minimum Gasteiger partial charge on any atom is -0.410 e. The van der Waals surface area contributed by atoms with Crippen molar-refractivity contribution in [3.63, 3.8) is 0 Å². The lowest BCUT2D eigenvalue weighted by molar-refractivity contribution is -0.337. The van der Waals surface area contributed by atoms with E-state index in [9.17, 15) is 15.3 Å². The summed E-state index contributed by atoms with van der Waals surface area (Å²) in [6.45, 7) is -0.420. The molecule has 0 saturated carbocycles. The summed E-state index contributed by atoms with van der Waals surface area (Å²) in [7, 11) is 1.42. The van der Waals surface area contributed by atoms with Gasteiger partial charge in [0.05, 0.1) is 6.61 Å². The molecule has 0 aliphatic carbocycles. The SMILES string of the molecule is C[OH+]C1OC(CO)C(O)C(O)C1O. The second kappa shape index (κ2) is 4.32. The molecule has 0 bridgehead atoms. The molecule has 0 aromatic heterocycles. The van der Waals surface area contributed by atoms with Crippen LogP contribution in [0.2, 0.25) is 0 Å². The standard InChI is InChI=1S/C7H14O6/c1-12-7-6(11)5(10)4(9)3(2-8)13-7/h3-11H,2H2,1H3/p+1. The Bertz CT molecular complexity index is 143. The number of hydrogen-bond acceptors (Lipinski definition) is 5. The average Bonchev–Trinajstić information content (AvgIpc) is 2.15. The summed E-state index contributed by atoms with van der Waals surface area (Å²) in [5.74, 6) is 0. The van der Waals surface area contributed by atoms with E-state index in [0.717, 1.165) is 0 Å². The highest BCUT2D eigenvalue weighted by atomic mass is 16.7. The van der Waals surface area contributed by atoms with Gasteiger partial charge in [0.2, 0.25) is 0 Å². The van der Waals surface area contributed by atoms with Crippen LogP contribution in [0.15, 0.2) is 0 Å². The molecule has 78 valence electrons. The van der Waals surface area contributed by atoms with Crippen molar-refractivity contribution in [2.24, 2.45) is 0 Å². The normalized spacial score (nSPS) is 46.4. The van der Waals surface area contributed by atoms with E-state index in [1.807, 2.05) is 0 Å². The average molecular weight is 195 g/mol. The predicted molar refractivity (Wildman–Crippen MR) is 41.9 cm³/mol. The Labute approximate surface area is 75.3 Å². The minimum absolute atomic E-state index is 0.420. The first-order valence-corrected chi connectivity index (χ1v) is 4.01. The fourth-order valence-electron chi connectivity index (χ4n) is 1.30. The number of aliphatic hydroxyl groups is 6. The van der Waals surface area contributed by atoms with Crippen molar-refractivity contribution in [2.75, 3.05) is 13.7 Å². The zero-order valence-corrected chi connectivity index (χ0v) is 7.24. The van der Waals surface area contributed by atoms with Crippen molar-refractivity contribution in [1.82, 2.24) is 0 Å². The van der Waals surface area contributed by atoms with Gasteiger partial charge >= 0.3 is 0 Å². The summed E-state index contributed by atoms with van der Waals surface area (Å²) in [5, 5.41) is 36.7. The van der Waals surface area contributed by atoms with Crippen LogP contribution >= 0.6 is 0 Å². The van der Waals surface area contributed by atoms with Gasteiger partial charge in [-0.15, -0.1) is 0 Å². The second-order valence-electron chi connectivity index (χ2n) is 2.98. The molecule has 0 spiro atoms. The van der Waals surface area contributed by atoms with Crippen molar-refractivity contribution in [3.8, 4) is 0 Å². The third-order valence-corrected chi connectivity index (χ3v) is 2.12. The molecule has 1 rings (SSSR count). The van der Waals surface area contributed by atoms with E-state index in [-0.39, 0.29) is 0 Å². The van der Waals surface area contributed by atoms with E-state index in [4.69, 9.17) is 9.84 Å². The Morgan fingerprint density at radius 1 is 1.15 bits per heavy atom. The van der Waals surface area contributed by atoms with Gasteiger partial charge in [-0.25, -0.2) is 0 Å². The Morgan fingerprint density at radius 3 is 2.23 bits per heavy atom. The van der Waals surface area contributed by atoms with E-state index in [2.05, 4.69) is 4.74 Å². The molecule has 6 nitrogen and oxygen atoms in total. The summed E-state index contributed by atoms with van der Waals surface area (Å²) in [6.07, 6.45) is -5.65. The first-order chi connectivity index (χ1) is 6.11. The van der Waals surface area contributed by atoms with Crippen molar-refractivity contribution in [1.29, 1.82) is 0 Å². The molecule has 5 unspecified atom stereocenters. The minimum atomic E-state index is -1.33. The maximum atomic E-state index is 9.31. The molecule has 0 radical (unpaired) electrons. The molecule has 5 atom stereocenters. The largest absolute Gasteiger partial charge is 0.410 e. The van der Waals surface area contributed by atoms with Gasteiger partial charge in [-0.2, -0.15) is 0 Å². The monoisotopic (exact) mass is 195 g/mol. The first kappa shape index (κ1) is 10.8. The number of hydrogen-bond donors (Lipinski definition) is 4. The van der Waals surface area contributed by atoms with Gasteiger partial charge in [0.25, 0.3) is 6.29 Å². The maximum Gasteiger partial charge on any atom is 0.294 e. The summed E-state index contributed by atoms with van der Waals surface area (Å²) in [4.78, 5) is 0. The van der Waals surface area contributed by atoms with E-state index < -0.39 is 37.3 Å². The summed E-state index contributed by atoms with van der Waals surface area (Å²) in [5.41, 5.74) is 0. The number of rotatable bonds is 2. The summed E-state index contributed by atoms with van der Waals surface area (Å²) < 4.78 is 8.66. The maximum absolute atomic E-state index is 9.31. The topological polar surface area (TPSA) is 103 Å². The predicted octanol–water partition coefficient (Wildman–Crippen LogP) is -3.06. The zero-order chi connectivity index (χ0) is 10.0. The molecule has 13 heavy (non-hydrogen) atoms. The van der Waals surface area contributed by atoms with Gasteiger partial charge < -0.3 is 29.9 Å². The van der Waals surface area contributed by atoms with Gasteiger partial charge in [0.1, 0.15) is 25.4 Å². The quantitative estimate of drug-likeness (QED) is 0.350. The van der Waals surface area contributed by atoms with Crippen molar-refractivity contribution in [3.05, 3.63) is 0 Å². The van der Waals surface area contributed by atoms with Crippen LogP contribution in [-0.4, -0.2) is 69.6 Å². The molecule has 1 saturated heterocycles. The van der Waals surface area contributed by atoms with Crippen LogP contribution < -0.4 is 0 Å². The Balaban J connectivity index is 2.66. The van der Waals surface area contributed by atoms with Crippen LogP contribution in [-0.2, 0) is 4.74 Å². The molecule has 0 amide bonds. The van der Waals surface area contributed by atoms with E-state index in [1.54, 1.807) is 0 Å². The molecular formula is C7H15O6+. The van der Waals surface area contributed by atoms with Crippen LogP contribution in [0.25, 0.3) is 0 Å². The van der Waals surface area contributed by atoms with E-state index in [0.29, 0.717) is 0 Å². The smallest absolute Gasteiger partial charge is 0.294 e. The molecule has 0 aromatic carbocycles.